The van der Waals surface area contributed by atoms with Crippen molar-refractivity contribution in [1.82, 2.24) is 5.32 Å². The molecular formula is C16H23NO3. The van der Waals surface area contributed by atoms with Gasteiger partial charge in [-0.1, -0.05) is 32.0 Å². The molecule has 4 nitrogen and oxygen atoms in total. The van der Waals surface area contributed by atoms with Gasteiger partial charge < -0.3 is 10.1 Å². The number of benzene rings is 1. The van der Waals surface area contributed by atoms with E-state index in [2.05, 4.69) is 5.32 Å². The Labute approximate surface area is 120 Å². The van der Waals surface area contributed by atoms with Crippen LogP contribution in [0, 0.1) is 5.92 Å². The number of hydrogen-bond donors (Lipinski definition) is 1. The lowest BCUT2D eigenvalue weighted by molar-refractivity contribution is -0.133. The summed E-state index contributed by atoms with van der Waals surface area (Å²) in [6, 6.07) is 8.68. The Morgan fingerprint density at radius 1 is 1.10 bits per heavy atom. The van der Waals surface area contributed by atoms with E-state index in [-0.39, 0.29) is 17.4 Å². The molecule has 0 spiro atoms. The summed E-state index contributed by atoms with van der Waals surface area (Å²) in [6.45, 7) is 9.38. The first-order chi connectivity index (χ1) is 9.20. The van der Waals surface area contributed by atoms with Crippen molar-refractivity contribution in [2.75, 3.05) is 0 Å². The Morgan fingerprint density at radius 3 is 2.10 bits per heavy atom. The van der Waals surface area contributed by atoms with Crippen molar-refractivity contribution in [1.29, 1.82) is 0 Å². The third-order valence-corrected chi connectivity index (χ3v) is 2.61. The molecule has 0 heterocycles. The van der Waals surface area contributed by atoms with Crippen LogP contribution in [0.5, 0.6) is 0 Å². The SMILES string of the molecule is CC(C)C(OC(=O)c1ccccc1)C(=O)NC(C)(C)C. The van der Waals surface area contributed by atoms with Crippen molar-refractivity contribution in [3.05, 3.63) is 35.9 Å². The van der Waals surface area contributed by atoms with Crippen LogP contribution in [0.15, 0.2) is 30.3 Å². The topological polar surface area (TPSA) is 55.4 Å². The Hall–Kier alpha value is -1.84. The predicted molar refractivity (Wildman–Crippen MR) is 78.4 cm³/mol. The van der Waals surface area contributed by atoms with E-state index in [9.17, 15) is 9.59 Å². The molecule has 0 aliphatic rings. The molecule has 0 fully saturated rings. The first kappa shape index (κ1) is 16.2. The van der Waals surface area contributed by atoms with Gasteiger partial charge in [-0.2, -0.15) is 0 Å². The van der Waals surface area contributed by atoms with E-state index in [1.165, 1.54) is 0 Å². The Balaban J connectivity index is 2.78. The largest absolute Gasteiger partial charge is 0.448 e. The fourth-order valence-electron chi connectivity index (χ4n) is 1.69. The second-order valence-electron chi connectivity index (χ2n) is 6.18. The van der Waals surface area contributed by atoms with Crippen LogP contribution in [0.25, 0.3) is 0 Å². The molecule has 4 heteroatoms. The maximum Gasteiger partial charge on any atom is 0.338 e. The molecule has 0 saturated heterocycles. The maximum absolute atomic E-state index is 12.2. The highest BCUT2D eigenvalue weighted by Crippen LogP contribution is 2.12. The van der Waals surface area contributed by atoms with Crippen LogP contribution in [0.1, 0.15) is 45.0 Å². The van der Waals surface area contributed by atoms with Crippen LogP contribution in [0.2, 0.25) is 0 Å². The first-order valence-corrected chi connectivity index (χ1v) is 6.79. The number of carbonyl (C=O) groups is 2. The van der Waals surface area contributed by atoms with Gasteiger partial charge in [-0.25, -0.2) is 4.79 Å². The van der Waals surface area contributed by atoms with Crippen molar-refractivity contribution in [2.45, 2.75) is 46.3 Å². The van der Waals surface area contributed by atoms with Gasteiger partial charge in [0.1, 0.15) is 0 Å². The van der Waals surface area contributed by atoms with Gasteiger partial charge in [-0.15, -0.1) is 0 Å². The predicted octanol–water partition coefficient (Wildman–Crippen LogP) is 2.78. The molecule has 1 N–H and O–H groups in total. The maximum atomic E-state index is 12.2. The highest BCUT2D eigenvalue weighted by atomic mass is 16.5. The normalized spacial score (nSPS) is 12.9. The van der Waals surface area contributed by atoms with Crippen molar-refractivity contribution >= 4 is 11.9 Å². The van der Waals surface area contributed by atoms with Crippen LogP contribution >= 0.6 is 0 Å². The van der Waals surface area contributed by atoms with Crippen LogP contribution in [0.4, 0.5) is 0 Å². The minimum atomic E-state index is -0.790. The van der Waals surface area contributed by atoms with E-state index < -0.39 is 12.1 Å². The van der Waals surface area contributed by atoms with Gasteiger partial charge in [0, 0.05) is 5.54 Å². The summed E-state index contributed by atoms with van der Waals surface area (Å²) in [5.41, 5.74) is 0.0883. The molecule has 0 radical (unpaired) electrons. The van der Waals surface area contributed by atoms with Gasteiger partial charge in [0.2, 0.25) is 0 Å². The highest BCUT2D eigenvalue weighted by Gasteiger charge is 2.29. The molecule has 0 aromatic heterocycles. The Bertz CT molecular complexity index is 460. The number of hydrogen-bond acceptors (Lipinski definition) is 3. The molecule has 1 aromatic rings. The molecule has 0 aliphatic carbocycles. The number of rotatable bonds is 4. The van der Waals surface area contributed by atoms with Crippen LogP contribution < -0.4 is 5.32 Å². The summed E-state index contributed by atoms with van der Waals surface area (Å²) < 4.78 is 5.35. The van der Waals surface area contributed by atoms with Crippen molar-refractivity contribution < 1.29 is 14.3 Å². The third kappa shape index (κ3) is 5.03. The number of amides is 1. The standard InChI is InChI=1S/C16H23NO3/c1-11(2)13(14(18)17-16(3,4)5)20-15(19)12-9-7-6-8-10-12/h6-11,13H,1-5H3,(H,17,18). The third-order valence-electron chi connectivity index (χ3n) is 2.61. The van der Waals surface area contributed by atoms with E-state index >= 15 is 0 Å². The lowest BCUT2D eigenvalue weighted by atomic mass is 10.0. The molecule has 0 saturated carbocycles. The van der Waals surface area contributed by atoms with E-state index in [0.717, 1.165) is 0 Å². The molecular weight excluding hydrogens is 254 g/mol. The number of esters is 1. The van der Waals surface area contributed by atoms with Crippen LogP contribution in [-0.2, 0) is 9.53 Å². The second-order valence-corrected chi connectivity index (χ2v) is 6.18. The molecule has 110 valence electrons. The summed E-state index contributed by atoms with van der Waals surface area (Å²) >= 11 is 0. The van der Waals surface area contributed by atoms with Gasteiger partial charge >= 0.3 is 5.97 Å². The summed E-state index contributed by atoms with van der Waals surface area (Å²) in [5, 5.41) is 2.84. The van der Waals surface area contributed by atoms with Gasteiger partial charge in [-0.05, 0) is 38.8 Å². The van der Waals surface area contributed by atoms with E-state index in [0.29, 0.717) is 5.56 Å². The Kier molecular flexibility index (Phi) is 5.31. The van der Waals surface area contributed by atoms with Gasteiger partial charge in [0.25, 0.3) is 5.91 Å². The Morgan fingerprint density at radius 2 is 1.65 bits per heavy atom. The minimum Gasteiger partial charge on any atom is -0.448 e. The molecule has 0 aliphatic heterocycles. The number of nitrogens with one attached hydrogen (secondary N) is 1. The molecule has 1 unspecified atom stereocenters. The molecule has 1 atom stereocenters. The average molecular weight is 277 g/mol. The average Bonchev–Trinajstić information content (AvgIpc) is 2.34. The smallest absolute Gasteiger partial charge is 0.338 e. The van der Waals surface area contributed by atoms with Gasteiger partial charge in [0.15, 0.2) is 6.10 Å². The fourth-order valence-corrected chi connectivity index (χ4v) is 1.69. The quantitative estimate of drug-likeness (QED) is 0.861. The zero-order valence-electron chi connectivity index (χ0n) is 12.8. The van der Waals surface area contributed by atoms with E-state index in [1.807, 2.05) is 40.7 Å². The van der Waals surface area contributed by atoms with E-state index in [1.54, 1.807) is 24.3 Å². The van der Waals surface area contributed by atoms with Crippen LogP contribution in [0.3, 0.4) is 0 Å². The minimum absolute atomic E-state index is 0.0926. The second kappa shape index (κ2) is 6.55. The zero-order valence-corrected chi connectivity index (χ0v) is 12.8. The lowest BCUT2D eigenvalue weighted by Crippen LogP contribution is -2.48. The number of carbonyl (C=O) groups excluding carboxylic acids is 2. The zero-order chi connectivity index (χ0) is 15.3. The van der Waals surface area contributed by atoms with Gasteiger partial charge in [0.05, 0.1) is 5.56 Å². The molecule has 1 aromatic carbocycles. The summed E-state index contributed by atoms with van der Waals surface area (Å²) in [4.78, 5) is 24.2. The van der Waals surface area contributed by atoms with E-state index in [4.69, 9.17) is 4.74 Å². The van der Waals surface area contributed by atoms with Crippen molar-refractivity contribution in [3.63, 3.8) is 0 Å². The first-order valence-electron chi connectivity index (χ1n) is 6.79. The molecule has 20 heavy (non-hydrogen) atoms. The lowest BCUT2D eigenvalue weighted by Gasteiger charge is -2.26. The summed E-state index contributed by atoms with van der Waals surface area (Å²) in [6.07, 6.45) is -0.790. The summed E-state index contributed by atoms with van der Waals surface area (Å²) in [5.74, 6) is -0.838. The summed E-state index contributed by atoms with van der Waals surface area (Å²) in [7, 11) is 0. The molecule has 1 amide bonds. The highest BCUT2D eigenvalue weighted by molar-refractivity contribution is 5.92. The van der Waals surface area contributed by atoms with Crippen LogP contribution in [-0.4, -0.2) is 23.5 Å². The van der Waals surface area contributed by atoms with Crippen molar-refractivity contribution in [2.24, 2.45) is 5.92 Å². The van der Waals surface area contributed by atoms with Crippen molar-refractivity contribution in [3.8, 4) is 0 Å². The fraction of sp³-hybridized carbons (Fsp3) is 0.500. The molecule has 1 rings (SSSR count). The monoisotopic (exact) mass is 277 g/mol. The van der Waals surface area contributed by atoms with Gasteiger partial charge in [-0.3, -0.25) is 4.79 Å². The number of ether oxygens (including phenoxy) is 1. The molecule has 0 bridgehead atoms.